The summed E-state index contributed by atoms with van der Waals surface area (Å²) in [5.41, 5.74) is 8.07. The first-order valence-corrected chi connectivity index (χ1v) is 7.39. The highest BCUT2D eigenvalue weighted by molar-refractivity contribution is 6.00. The molecule has 0 aliphatic carbocycles. The van der Waals surface area contributed by atoms with Gasteiger partial charge in [0.2, 0.25) is 5.91 Å². The summed E-state index contributed by atoms with van der Waals surface area (Å²) in [6.45, 7) is 5.57. The lowest BCUT2D eigenvalue weighted by atomic mass is 9.96. The Morgan fingerprint density at radius 2 is 1.95 bits per heavy atom. The molecule has 1 aromatic rings. The summed E-state index contributed by atoms with van der Waals surface area (Å²) in [4.78, 5) is 14.2. The Balaban J connectivity index is 1.77. The molecule has 0 saturated carbocycles. The number of anilines is 1. The van der Waals surface area contributed by atoms with Gasteiger partial charge in [-0.3, -0.25) is 4.79 Å². The predicted octanol–water partition coefficient (Wildman–Crippen LogP) is 1.30. The average Bonchev–Trinajstić information content (AvgIpc) is 2.45. The Morgan fingerprint density at radius 1 is 1.29 bits per heavy atom. The van der Waals surface area contributed by atoms with Crippen molar-refractivity contribution in [1.29, 1.82) is 0 Å². The first-order chi connectivity index (χ1) is 9.96. The molecule has 21 heavy (non-hydrogen) atoms. The minimum Gasteiger partial charge on any atom is -0.350 e. The standard InChI is InChI=1S/C16H22N2O3/c1-16(2)20-9-11(10-21-16)8-18-14-6-4-3-5-12(14)7-13(17)15(18)19/h3-6,11,13H,7-10,17H2,1-2H3/t13-/m0/s1. The van der Waals surface area contributed by atoms with Gasteiger partial charge in [0, 0.05) is 18.2 Å². The fourth-order valence-electron chi connectivity index (χ4n) is 2.87. The molecule has 0 aromatic heterocycles. The molecule has 0 spiro atoms. The largest absolute Gasteiger partial charge is 0.350 e. The summed E-state index contributed by atoms with van der Waals surface area (Å²) in [7, 11) is 0. The molecule has 0 bridgehead atoms. The van der Waals surface area contributed by atoms with Crippen LogP contribution in [0.3, 0.4) is 0 Å². The zero-order valence-corrected chi connectivity index (χ0v) is 12.5. The lowest BCUT2D eigenvalue weighted by Crippen LogP contribution is -2.52. The van der Waals surface area contributed by atoms with Crippen molar-refractivity contribution in [1.82, 2.24) is 0 Å². The van der Waals surface area contributed by atoms with Crippen LogP contribution in [0, 0.1) is 5.92 Å². The van der Waals surface area contributed by atoms with Crippen LogP contribution in [0.15, 0.2) is 24.3 Å². The van der Waals surface area contributed by atoms with E-state index in [-0.39, 0.29) is 11.8 Å². The minimum atomic E-state index is -0.531. The maximum atomic E-state index is 12.4. The Morgan fingerprint density at radius 3 is 2.67 bits per heavy atom. The highest BCUT2D eigenvalue weighted by Gasteiger charge is 2.34. The molecule has 5 heteroatoms. The second-order valence-corrected chi connectivity index (χ2v) is 6.28. The van der Waals surface area contributed by atoms with E-state index in [9.17, 15) is 4.79 Å². The summed E-state index contributed by atoms with van der Waals surface area (Å²) in [5.74, 6) is -0.379. The maximum absolute atomic E-state index is 12.4. The zero-order valence-electron chi connectivity index (χ0n) is 12.5. The zero-order chi connectivity index (χ0) is 15.0. The number of hydrogen-bond donors (Lipinski definition) is 1. The van der Waals surface area contributed by atoms with Crippen LogP contribution in [0.4, 0.5) is 5.69 Å². The van der Waals surface area contributed by atoms with E-state index in [0.717, 1.165) is 11.3 Å². The number of rotatable bonds is 2. The number of nitrogens with two attached hydrogens (primary N) is 1. The minimum absolute atomic E-state index is 0.0152. The monoisotopic (exact) mass is 290 g/mol. The van der Waals surface area contributed by atoms with Gasteiger partial charge in [0.05, 0.1) is 19.3 Å². The molecule has 114 valence electrons. The number of nitrogens with zero attached hydrogens (tertiary/aromatic N) is 1. The van der Waals surface area contributed by atoms with Crippen LogP contribution in [0.1, 0.15) is 19.4 Å². The quantitative estimate of drug-likeness (QED) is 0.891. The number of benzene rings is 1. The van der Waals surface area contributed by atoms with Gasteiger partial charge in [0.25, 0.3) is 0 Å². The molecule has 3 rings (SSSR count). The van der Waals surface area contributed by atoms with Crippen LogP contribution in [0.25, 0.3) is 0 Å². The number of amides is 1. The van der Waals surface area contributed by atoms with Gasteiger partial charge in [0.15, 0.2) is 5.79 Å². The van der Waals surface area contributed by atoms with Crippen LogP contribution in [-0.2, 0) is 20.7 Å². The van der Waals surface area contributed by atoms with Gasteiger partial charge < -0.3 is 20.1 Å². The Kier molecular flexibility index (Phi) is 3.73. The molecule has 1 saturated heterocycles. The van der Waals surface area contributed by atoms with E-state index < -0.39 is 11.8 Å². The van der Waals surface area contributed by atoms with E-state index >= 15 is 0 Å². The number of carbonyl (C=O) groups is 1. The molecule has 1 atom stereocenters. The molecule has 1 aromatic carbocycles. The smallest absolute Gasteiger partial charge is 0.244 e. The van der Waals surface area contributed by atoms with Crippen LogP contribution in [0.2, 0.25) is 0 Å². The summed E-state index contributed by atoms with van der Waals surface area (Å²) in [5, 5.41) is 0. The maximum Gasteiger partial charge on any atom is 0.244 e. The van der Waals surface area contributed by atoms with Gasteiger partial charge in [-0.05, 0) is 31.9 Å². The number of fused-ring (bicyclic) bond motifs is 1. The fraction of sp³-hybridized carbons (Fsp3) is 0.562. The summed E-state index contributed by atoms with van der Waals surface area (Å²) >= 11 is 0. The van der Waals surface area contributed by atoms with Gasteiger partial charge in [-0.15, -0.1) is 0 Å². The molecule has 1 amide bonds. The van der Waals surface area contributed by atoms with E-state index in [0.29, 0.717) is 26.2 Å². The van der Waals surface area contributed by atoms with Crippen molar-refractivity contribution in [3.8, 4) is 0 Å². The van der Waals surface area contributed by atoms with Gasteiger partial charge in [0.1, 0.15) is 0 Å². The molecule has 0 radical (unpaired) electrons. The normalized spacial score (nSPS) is 25.8. The van der Waals surface area contributed by atoms with Gasteiger partial charge >= 0.3 is 0 Å². The van der Waals surface area contributed by atoms with Crippen molar-refractivity contribution < 1.29 is 14.3 Å². The summed E-state index contributed by atoms with van der Waals surface area (Å²) in [6, 6.07) is 7.49. The van der Waals surface area contributed by atoms with Crippen molar-refractivity contribution in [2.45, 2.75) is 32.1 Å². The molecule has 2 heterocycles. The first-order valence-electron chi connectivity index (χ1n) is 7.39. The first kappa shape index (κ1) is 14.5. The van der Waals surface area contributed by atoms with Crippen LogP contribution in [0.5, 0.6) is 0 Å². The van der Waals surface area contributed by atoms with E-state index in [4.69, 9.17) is 15.2 Å². The lowest BCUT2D eigenvalue weighted by Gasteiger charge is -2.39. The van der Waals surface area contributed by atoms with Crippen molar-refractivity contribution in [3.05, 3.63) is 29.8 Å². The molecule has 0 unspecified atom stereocenters. The Hall–Kier alpha value is -1.43. The van der Waals surface area contributed by atoms with Crippen LogP contribution >= 0.6 is 0 Å². The Labute approximate surface area is 125 Å². The SMILES string of the molecule is CC1(C)OCC(CN2C(=O)[C@@H](N)Cc3ccccc32)CO1. The number of carbonyl (C=O) groups excluding carboxylic acids is 1. The molecule has 1 fully saturated rings. The fourth-order valence-corrected chi connectivity index (χ4v) is 2.87. The second kappa shape index (κ2) is 5.40. The van der Waals surface area contributed by atoms with Crippen LogP contribution in [-0.4, -0.2) is 37.5 Å². The highest BCUT2D eigenvalue weighted by Crippen LogP contribution is 2.29. The predicted molar refractivity (Wildman–Crippen MR) is 79.9 cm³/mol. The number of para-hydroxylation sites is 1. The van der Waals surface area contributed by atoms with Crippen molar-refractivity contribution >= 4 is 11.6 Å². The van der Waals surface area contributed by atoms with Gasteiger partial charge in [-0.1, -0.05) is 18.2 Å². The third-order valence-electron chi connectivity index (χ3n) is 4.08. The lowest BCUT2D eigenvalue weighted by molar-refractivity contribution is -0.260. The van der Waals surface area contributed by atoms with E-state index in [1.807, 2.05) is 38.1 Å². The van der Waals surface area contributed by atoms with Crippen molar-refractivity contribution in [3.63, 3.8) is 0 Å². The van der Waals surface area contributed by atoms with E-state index in [1.165, 1.54) is 0 Å². The van der Waals surface area contributed by atoms with Crippen LogP contribution < -0.4 is 10.6 Å². The molecular formula is C16H22N2O3. The summed E-state index contributed by atoms with van der Waals surface area (Å²) < 4.78 is 11.4. The van der Waals surface area contributed by atoms with Gasteiger partial charge in [-0.2, -0.15) is 0 Å². The number of hydrogen-bond acceptors (Lipinski definition) is 4. The van der Waals surface area contributed by atoms with Crippen molar-refractivity contribution in [2.24, 2.45) is 11.7 Å². The average molecular weight is 290 g/mol. The summed E-state index contributed by atoms with van der Waals surface area (Å²) in [6.07, 6.45) is 0.607. The van der Waals surface area contributed by atoms with Crippen molar-refractivity contribution in [2.75, 3.05) is 24.7 Å². The molecule has 5 nitrogen and oxygen atoms in total. The van der Waals surface area contributed by atoms with E-state index in [2.05, 4.69) is 0 Å². The molecule has 2 N–H and O–H groups in total. The molecule has 2 aliphatic rings. The highest BCUT2D eigenvalue weighted by atomic mass is 16.7. The molecule has 2 aliphatic heterocycles. The molecular weight excluding hydrogens is 268 g/mol. The third kappa shape index (κ3) is 2.95. The third-order valence-corrected chi connectivity index (χ3v) is 4.08. The Bertz CT molecular complexity index is 534. The number of ether oxygens (including phenoxy) is 2. The second-order valence-electron chi connectivity index (χ2n) is 6.28. The topological polar surface area (TPSA) is 64.8 Å². The van der Waals surface area contributed by atoms with E-state index in [1.54, 1.807) is 4.90 Å². The van der Waals surface area contributed by atoms with Gasteiger partial charge in [-0.25, -0.2) is 0 Å².